The van der Waals surface area contributed by atoms with Crippen LogP contribution in [-0.2, 0) is 14.3 Å². The summed E-state index contributed by atoms with van der Waals surface area (Å²) in [4.78, 5) is 24.0. The molecule has 2 unspecified atom stereocenters. The average Bonchev–Trinajstić information content (AvgIpc) is 2.34. The lowest BCUT2D eigenvalue weighted by atomic mass is 9.76. The lowest BCUT2D eigenvalue weighted by Crippen LogP contribution is -2.60. The molecule has 1 fully saturated rings. The average molecular weight is 270 g/mol. The molecule has 0 heterocycles. The normalized spacial score (nSPS) is 28.8. The Morgan fingerprint density at radius 2 is 2.05 bits per heavy atom. The zero-order valence-electron chi connectivity index (χ0n) is 12.4. The molecule has 0 spiro atoms. The molecule has 5 nitrogen and oxygen atoms in total. The second-order valence-corrected chi connectivity index (χ2v) is 6.08. The molecule has 1 aliphatic rings. The van der Waals surface area contributed by atoms with E-state index in [4.69, 9.17) is 10.5 Å². The minimum atomic E-state index is -0.848. The molecule has 0 aromatic heterocycles. The van der Waals surface area contributed by atoms with Gasteiger partial charge in [-0.2, -0.15) is 0 Å². The van der Waals surface area contributed by atoms with Gasteiger partial charge in [0.2, 0.25) is 5.91 Å². The van der Waals surface area contributed by atoms with Crippen molar-refractivity contribution in [3.8, 4) is 0 Å². The summed E-state index contributed by atoms with van der Waals surface area (Å²) >= 11 is 0. The first-order valence-electron chi connectivity index (χ1n) is 6.98. The van der Waals surface area contributed by atoms with E-state index in [0.29, 0.717) is 18.8 Å². The summed E-state index contributed by atoms with van der Waals surface area (Å²) in [6.45, 7) is 5.84. The Kier molecular flexibility index (Phi) is 5.35. The SMILES string of the molecule is COC(=O)[C@@H](NC(=O)C1(N)CCCC(C)C1)C(C)C. The predicted molar refractivity (Wildman–Crippen MR) is 73.3 cm³/mol. The first kappa shape index (κ1) is 16.0. The molecule has 0 aromatic carbocycles. The van der Waals surface area contributed by atoms with E-state index in [2.05, 4.69) is 12.2 Å². The number of methoxy groups -OCH3 is 1. The van der Waals surface area contributed by atoms with Gasteiger partial charge in [-0.3, -0.25) is 4.79 Å². The first-order valence-corrected chi connectivity index (χ1v) is 6.98. The van der Waals surface area contributed by atoms with Gasteiger partial charge in [-0.05, 0) is 24.7 Å². The van der Waals surface area contributed by atoms with Crippen molar-refractivity contribution in [3.63, 3.8) is 0 Å². The van der Waals surface area contributed by atoms with Crippen LogP contribution in [-0.4, -0.2) is 30.6 Å². The van der Waals surface area contributed by atoms with Crippen molar-refractivity contribution in [1.29, 1.82) is 0 Å². The fourth-order valence-electron chi connectivity index (χ4n) is 2.71. The molecule has 0 aromatic rings. The van der Waals surface area contributed by atoms with Crippen molar-refractivity contribution in [2.24, 2.45) is 17.6 Å². The maximum atomic E-state index is 12.4. The molecule has 0 radical (unpaired) electrons. The summed E-state index contributed by atoms with van der Waals surface area (Å²) in [5, 5.41) is 2.76. The Morgan fingerprint density at radius 1 is 1.42 bits per heavy atom. The molecule has 5 heteroatoms. The molecule has 1 saturated carbocycles. The number of amides is 1. The lowest BCUT2D eigenvalue weighted by molar-refractivity contribution is -0.147. The van der Waals surface area contributed by atoms with E-state index in [9.17, 15) is 9.59 Å². The van der Waals surface area contributed by atoms with Gasteiger partial charge in [-0.25, -0.2) is 4.79 Å². The summed E-state index contributed by atoms with van der Waals surface area (Å²) in [6, 6.07) is -0.629. The fraction of sp³-hybridized carbons (Fsp3) is 0.857. The van der Waals surface area contributed by atoms with E-state index in [-0.39, 0.29) is 11.8 Å². The lowest BCUT2D eigenvalue weighted by Gasteiger charge is -2.36. The highest BCUT2D eigenvalue weighted by atomic mass is 16.5. The van der Waals surface area contributed by atoms with E-state index in [0.717, 1.165) is 12.8 Å². The van der Waals surface area contributed by atoms with E-state index in [1.807, 2.05) is 13.8 Å². The van der Waals surface area contributed by atoms with Crippen LogP contribution in [0.15, 0.2) is 0 Å². The van der Waals surface area contributed by atoms with Gasteiger partial charge in [0, 0.05) is 0 Å². The van der Waals surface area contributed by atoms with Gasteiger partial charge in [0.25, 0.3) is 0 Å². The third-order valence-corrected chi connectivity index (χ3v) is 3.89. The van der Waals surface area contributed by atoms with Gasteiger partial charge in [0.05, 0.1) is 12.6 Å². The Balaban J connectivity index is 2.73. The first-order chi connectivity index (χ1) is 8.80. The number of hydrogen-bond acceptors (Lipinski definition) is 4. The smallest absolute Gasteiger partial charge is 0.328 e. The number of rotatable bonds is 4. The highest BCUT2D eigenvalue weighted by Crippen LogP contribution is 2.30. The maximum Gasteiger partial charge on any atom is 0.328 e. The number of esters is 1. The van der Waals surface area contributed by atoms with Crippen LogP contribution in [0.5, 0.6) is 0 Å². The van der Waals surface area contributed by atoms with Crippen LogP contribution in [0.1, 0.15) is 46.5 Å². The highest BCUT2D eigenvalue weighted by molar-refractivity contribution is 5.90. The summed E-state index contributed by atoms with van der Waals surface area (Å²) in [5.41, 5.74) is 5.37. The van der Waals surface area contributed by atoms with E-state index < -0.39 is 17.6 Å². The standard InChI is InChI=1S/C14H26N2O3/c1-9(2)11(12(17)19-4)16-13(18)14(15)7-5-6-10(3)8-14/h9-11H,5-8,15H2,1-4H3,(H,16,18)/t10?,11-,14?/m0/s1. The summed E-state index contributed by atoms with van der Waals surface area (Å²) in [5.74, 6) is -0.236. The predicted octanol–water partition coefficient (Wildman–Crippen LogP) is 1.21. The van der Waals surface area contributed by atoms with Crippen molar-refractivity contribution in [2.45, 2.75) is 58.0 Å². The van der Waals surface area contributed by atoms with E-state index in [1.165, 1.54) is 7.11 Å². The van der Waals surface area contributed by atoms with Gasteiger partial charge in [-0.15, -0.1) is 0 Å². The molecule has 1 amide bonds. The Labute approximate surface area is 115 Å². The minimum Gasteiger partial charge on any atom is -0.467 e. The topological polar surface area (TPSA) is 81.4 Å². The number of nitrogens with two attached hydrogens (primary N) is 1. The monoisotopic (exact) mass is 270 g/mol. The van der Waals surface area contributed by atoms with Crippen LogP contribution in [0.2, 0.25) is 0 Å². The van der Waals surface area contributed by atoms with Gasteiger partial charge in [0.15, 0.2) is 0 Å². The number of carbonyl (C=O) groups excluding carboxylic acids is 2. The fourth-order valence-corrected chi connectivity index (χ4v) is 2.71. The summed E-state index contributed by atoms with van der Waals surface area (Å²) < 4.78 is 4.72. The molecular formula is C14H26N2O3. The number of ether oxygens (including phenoxy) is 1. The van der Waals surface area contributed by atoms with Crippen molar-refractivity contribution in [1.82, 2.24) is 5.32 Å². The molecule has 110 valence electrons. The minimum absolute atomic E-state index is 0.0268. The Morgan fingerprint density at radius 3 is 2.53 bits per heavy atom. The molecule has 3 N–H and O–H groups in total. The third-order valence-electron chi connectivity index (χ3n) is 3.89. The number of hydrogen-bond donors (Lipinski definition) is 2. The maximum absolute atomic E-state index is 12.4. The number of carbonyl (C=O) groups is 2. The summed E-state index contributed by atoms with van der Waals surface area (Å²) in [7, 11) is 1.32. The van der Waals surface area contributed by atoms with Crippen LogP contribution in [0, 0.1) is 11.8 Å². The van der Waals surface area contributed by atoms with E-state index in [1.54, 1.807) is 0 Å². The number of nitrogens with one attached hydrogen (secondary N) is 1. The van der Waals surface area contributed by atoms with Crippen LogP contribution < -0.4 is 11.1 Å². The molecule has 0 bridgehead atoms. The van der Waals surface area contributed by atoms with Crippen molar-refractivity contribution < 1.29 is 14.3 Å². The van der Waals surface area contributed by atoms with Crippen LogP contribution >= 0.6 is 0 Å². The molecule has 1 rings (SSSR count). The van der Waals surface area contributed by atoms with Gasteiger partial charge < -0.3 is 15.8 Å². The molecule has 0 saturated heterocycles. The van der Waals surface area contributed by atoms with Crippen LogP contribution in [0.25, 0.3) is 0 Å². The molecule has 19 heavy (non-hydrogen) atoms. The zero-order valence-corrected chi connectivity index (χ0v) is 12.4. The van der Waals surface area contributed by atoms with Crippen LogP contribution in [0.4, 0.5) is 0 Å². The van der Waals surface area contributed by atoms with Crippen molar-refractivity contribution in [3.05, 3.63) is 0 Å². The summed E-state index contributed by atoms with van der Waals surface area (Å²) in [6.07, 6.45) is 3.41. The third kappa shape index (κ3) is 3.93. The highest BCUT2D eigenvalue weighted by Gasteiger charge is 2.40. The van der Waals surface area contributed by atoms with Crippen LogP contribution in [0.3, 0.4) is 0 Å². The second kappa shape index (κ2) is 6.37. The van der Waals surface area contributed by atoms with Gasteiger partial charge in [0.1, 0.15) is 6.04 Å². The Bertz CT molecular complexity index is 344. The Hall–Kier alpha value is -1.10. The quantitative estimate of drug-likeness (QED) is 0.752. The molecule has 0 aliphatic heterocycles. The van der Waals surface area contributed by atoms with E-state index >= 15 is 0 Å². The molecule has 3 atom stereocenters. The van der Waals surface area contributed by atoms with Crippen molar-refractivity contribution in [2.75, 3.05) is 7.11 Å². The molecule has 1 aliphatic carbocycles. The zero-order chi connectivity index (χ0) is 14.6. The van der Waals surface area contributed by atoms with Crippen molar-refractivity contribution >= 4 is 11.9 Å². The van der Waals surface area contributed by atoms with Gasteiger partial charge in [-0.1, -0.05) is 33.6 Å². The second-order valence-electron chi connectivity index (χ2n) is 6.08. The van der Waals surface area contributed by atoms with Gasteiger partial charge >= 0.3 is 5.97 Å². The largest absolute Gasteiger partial charge is 0.467 e. The molecular weight excluding hydrogens is 244 g/mol.